The molecule has 1 fully saturated rings. The molecule has 0 saturated heterocycles. The van der Waals surface area contributed by atoms with Crippen molar-refractivity contribution < 1.29 is 19.6 Å². The summed E-state index contributed by atoms with van der Waals surface area (Å²) in [6.07, 6.45) is 5.34. The van der Waals surface area contributed by atoms with Crippen molar-refractivity contribution in [3.63, 3.8) is 0 Å². The number of halogens is 2. The second-order valence-electron chi connectivity index (χ2n) is 9.26. The van der Waals surface area contributed by atoms with Crippen molar-refractivity contribution in [1.82, 2.24) is 15.7 Å². The molecule has 0 radical (unpaired) electrons. The van der Waals surface area contributed by atoms with Gasteiger partial charge in [0.05, 0.1) is 10.7 Å². The minimum Gasteiger partial charge on any atom is -0.331 e. The lowest BCUT2D eigenvalue weighted by molar-refractivity contribution is -0.142. The van der Waals surface area contributed by atoms with E-state index in [0.717, 1.165) is 19.3 Å². The highest BCUT2D eigenvalue weighted by Gasteiger charge is 2.36. The molecule has 0 heterocycles. The second kappa shape index (κ2) is 11.7. The summed E-state index contributed by atoms with van der Waals surface area (Å²) in [6.45, 7) is 5.54. The molecule has 0 spiro atoms. The Morgan fingerprint density at radius 2 is 1.84 bits per heavy atom. The van der Waals surface area contributed by atoms with E-state index in [4.69, 9.17) is 28.4 Å². The van der Waals surface area contributed by atoms with Crippen LogP contribution in [0, 0.1) is 11.3 Å². The first-order valence-electron chi connectivity index (χ1n) is 10.8. The van der Waals surface area contributed by atoms with Gasteiger partial charge in [-0.3, -0.25) is 14.8 Å². The van der Waals surface area contributed by atoms with Gasteiger partial charge in [-0.25, -0.2) is 10.3 Å². The van der Waals surface area contributed by atoms with Crippen molar-refractivity contribution >= 4 is 46.7 Å². The van der Waals surface area contributed by atoms with Gasteiger partial charge in [0.25, 0.3) is 5.91 Å². The maximum atomic E-state index is 13.4. The maximum Gasteiger partial charge on any atom is 0.319 e. The van der Waals surface area contributed by atoms with Gasteiger partial charge in [0.2, 0.25) is 5.91 Å². The van der Waals surface area contributed by atoms with Crippen LogP contribution in [0.25, 0.3) is 0 Å². The fraction of sp³-hybridized carbons (Fsp3) is 0.591. The van der Waals surface area contributed by atoms with Crippen LogP contribution in [-0.2, 0) is 9.59 Å². The molecule has 8 nitrogen and oxygen atoms in total. The number of rotatable bonds is 8. The molecular formula is C22H32Cl2N4O4. The lowest BCUT2D eigenvalue weighted by atomic mass is 9.85. The molecule has 1 aliphatic rings. The molecule has 32 heavy (non-hydrogen) atoms. The first kappa shape index (κ1) is 26.2. The number of amides is 4. The van der Waals surface area contributed by atoms with E-state index in [9.17, 15) is 14.4 Å². The molecule has 2 rings (SSSR count). The topological polar surface area (TPSA) is 111 Å². The van der Waals surface area contributed by atoms with Gasteiger partial charge in [-0.2, -0.15) is 0 Å². The number of anilines is 1. The summed E-state index contributed by atoms with van der Waals surface area (Å²) in [4.78, 5) is 39.4. The number of nitrogens with zero attached hydrogens (tertiary/aromatic N) is 1. The van der Waals surface area contributed by atoms with Gasteiger partial charge in [0.15, 0.2) is 0 Å². The van der Waals surface area contributed by atoms with E-state index < -0.39 is 29.3 Å². The van der Waals surface area contributed by atoms with Crippen LogP contribution in [0.1, 0.15) is 52.9 Å². The third-order valence-electron chi connectivity index (χ3n) is 5.62. The largest absolute Gasteiger partial charge is 0.331 e. The van der Waals surface area contributed by atoms with E-state index in [1.807, 2.05) is 20.8 Å². The summed E-state index contributed by atoms with van der Waals surface area (Å²) in [5.74, 6) is -0.573. The zero-order chi connectivity index (χ0) is 23.9. The Balaban J connectivity index is 2.15. The van der Waals surface area contributed by atoms with E-state index >= 15 is 0 Å². The molecule has 0 bridgehead atoms. The fourth-order valence-corrected chi connectivity index (χ4v) is 4.16. The lowest BCUT2D eigenvalue weighted by Crippen LogP contribution is -2.57. The van der Waals surface area contributed by atoms with Crippen LogP contribution < -0.4 is 16.1 Å². The van der Waals surface area contributed by atoms with Crippen molar-refractivity contribution in [2.75, 3.05) is 18.4 Å². The van der Waals surface area contributed by atoms with Crippen LogP contribution in [0.2, 0.25) is 10.0 Å². The minimum atomic E-state index is -0.921. The van der Waals surface area contributed by atoms with Crippen molar-refractivity contribution in [2.45, 2.75) is 58.9 Å². The standard InChI is InChI=1S/C22H32Cl2N4O4/c1-22(2,3)19(26-21(31)25-17-12-15(23)8-9-16(17)24)20(30)28(13-18(29)27-32)11-10-14-6-4-5-7-14/h8-9,12,14,19,32H,4-7,10-11,13H2,1-3H3,(H,27,29)(H2,25,26,31)/t19-/m1/s1. The summed E-state index contributed by atoms with van der Waals surface area (Å²) < 4.78 is 0. The SMILES string of the molecule is CC(C)(C)[C@H](NC(=O)Nc1cc(Cl)ccc1Cl)C(=O)N(CCC1CCCC1)CC(=O)NO. The van der Waals surface area contributed by atoms with Gasteiger partial charge in [0.1, 0.15) is 12.6 Å². The highest BCUT2D eigenvalue weighted by Crippen LogP contribution is 2.29. The normalized spacial score (nSPS) is 15.2. The van der Waals surface area contributed by atoms with Crippen LogP contribution in [-0.4, -0.2) is 47.1 Å². The Kier molecular flexibility index (Phi) is 9.61. The zero-order valence-electron chi connectivity index (χ0n) is 18.7. The summed E-state index contributed by atoms with van der Waals surface area (Å²) in [7, 11) is 0. The monoisotopic (exact) mass is 486 g/mol. The van der Waals surface area contributed by atoms with Crippen molar-refractivity contribution in [3.05, 3.63) is 28.2 Å². The van der Waals surface area contributed by atoms with Crippen LogP contribution in [0.4, 0.5) is 10.5 Å². The second-order valence-corrected chi connectivity index (χ2v) is 10.1. The Labute approximate surface area is 199 Å². The average Bonchev–Trinajstić information content (AvgIpc) is 3.24. The molecule has 1 saturated carbocycles. The molecule has 0 aliphatic heterocycles. The lowest BCUT2D eigenvalue weighted by Gasteiger charge is -2.35. The quantitative estimate of drug-likeness (QED) is 0.321. The molecule has 1 aliphatic carbocycles. The van der Waals surface area contributed by atoms with E-state index in [2.05, 4.69) is 10.6 Å². The summed E-state index contributed by atoms with van der Waals surface area (Å²) in [5.41, 5.74) is 1.25. The molecular weight excluding hydrogens is 455 g/mol. The molecule has 0 aromatic heterocycles. The number of hydrogen-bond acceptors (Lipinski definition) is 4. The number of urea groups is 1. The van der Waals surface area contributed by atoms with Crippen LogP contribution in [0.5, 0.6) is 0 Å². The predicted molar refractivity (Wildman–Crippen MR) is 125 cm³/mol. The Bertz CT molecular complexity index is 823. The van der Waals surface area contributed by atoms with Crippen molar-refractivity contribution in [3.8, 4) is 0 Å². The molecule has 178 valence electrons. The number of carbonyl (C=O) groups excluding carboxylic acids is 3. The molecule has 10 heteroatoms. The fourth-order valence-electron chi connectivity index (χ4n) is 3.83. The van der Waals surface area contributed by atoms with Gasteiger partial charge >= 0.3 is 6.03 Å². The third kappa shape index (κ3) is 7.83. The van der Waals surface area contributed by atoms with Gasteiger partial charge in [-0.1, -0.05) is 69.7 Å². The molecule has 4 N–H and O–H groups in total. The maximum absolute atomic E-state index is 13.4. The number of hydrogen-bond donors (Lipinski definition) is 4. The predicted octanol–water partition coefficient (Wildman–Crippen LogP) is 4.44. The van der Waals surface area contributed by atoms with Gasteiger partial charge in [0, 0.05) is 11.6 Å². The van der Waals surface area contributed by atoms with E-state index in [-0.39, 0.29) is 6.54 Å². The van der Waals surface area contributed by atoms with E-state index in [1.54, 1.807) is 17.6 Å². The summed E-state index contributed by atoms with van der Waals surface area (Å²) in [6, 6.07) is 3.13. The molecule has 1 atom stereocenters. The number of hydroxylamine groups is 1. The Hall–Kier alpha value is -2.03. The summed E-state index contributed by atoms with van der Waals surface area (Å²) in [5, 5.41) is 15.0. The zero-order valence-corrected chi connectivity index (χ0v) is 20.2. The highest BCUT2D eigenvalue weighted by molar-refractivity contribution is 6.35. The Morgan fingerprint density at radius 3 is 2.44 bits per heavy atom. The van der Waals surface area contributed by atoms with Crippen LogP contribution >= 0.6 is 23.2 Å². The smallest absolute Gasteiger partial charge is 0.319 e. The van der Waals surface area contributed by atoms with Crippen molar-refractivity contribution in [1.29, 1.82) is 0 Å². The van der Waals surface area contributed by atoms with E-state index in [0.29, 0.717) is 28.2 Å². The highest BCUT2D eigenvalue weighted by atomic mass is 35.5. The third-order valence-corrected chi connectivity index (χ3v) is 6.18. The average molecular weight is 487 g/mol. The molecule has 1 aromatic carbocycles. The van der Waals surface area contributed by atoms with Crippen LogP contribution in [0.15, 0.2) is 18.2 Å². The Morgan fingerprint density at radius 1 is 1.19 bits per heavy atom. The molecule has 1 aromatic rings. The van der Waals surface area contributed by atoms with E-state index in [1.165, 1.54) is 23.8 Å². The van der Waals surface area contributed by atoms with Gasteiger partial charge < -0.3 is 15.5 Å². The first-order chi connectivity index (χ1) is 15.0. The van der Waals surface area contributed by atoms with Gasteiger partial charge in [-0.15, -0.1) is 0 Å². The van der Waals surface area contributed by atoms with Gasteiger partial charge in [-0.05, 0) is 36.0 Å². The first-order valence-corrected chi connectivity index (χ1v) is 11.5. The van der Waals surface area contributed by atoms with Crippen molar-refractivity contribution in [2.24, 2.45) is 11.3 Å². The molecule has 4 amide bonds. The number of benzene rings is 1. The number of nitrogens with one attached hydrogen (secondary N) is 3. The van der Waals surface area contributed by atoms with Crippen LogP contribution in [0.3, 0.4) is 0 Å². The minimum absolute atomic E-state index is 0.294. The molecule has 0 unspecified atom stereocenters. The summed E-state index contributed by atoms with van der Waals surface area (Å²) >= 11 is 12.1. The number of carbonyl (C=O) groups is 3.